The number of hydrogen-bond donors (Lipinski definition) is 2. The van der Waals surface area contributed by atoms with Gasteiger partial charge in [-0.2, -0.15) is 0 Å². The lowest BCUT2D eigenvalue weighted by atomic mass is 10.7. The van der Waals surface area contributed by atoms with Crippen molar-refractivity contribution >= 4 is 23.9 Å². The fourth-order valence-electron chi connectivity index (χ4n) is 0.481. The van der Waals surface area contributed by atoms with Gasteiger partial charge in [-0.1, -0.05) is 24.1 Å². The molecule has 0 atom stereocenters. The maximum absolute atomic E-state index is 3.03. The highest BCUT2D eigenvalue weighted by Gasteiger charge is 1.83. The van der Waals surface area contributed by atoms with Crippen molar-refractivity contribution in [3.05, 3.63) is 23.8 Å². The molecule has 0 aromatic carbocycles. The lowest BCUT2D eigenvalue weighted by Gasteiger charge is -1.77. The predicted octanol–water partition coefficient (Wildman–Crippen LogP) is 1.50. The van der Waals surface area contributed by atoms with E-state index in [1.54, 1.807) is 23.9 Å². The summed E-state index contributed by atoms with van der Waals surface area (Å²) in [5.41, 5.74) is 0. The van der Waals surface area contributed by atoms with Crippen molar-refractivity contribution in [3.63, 3.8) is 0 Å². The van der Waals surface area contributed by atoms with Crippen LogP contribution < -0.4 is 9.44 Å². The quantitative estimate of drug-likeness (QED) is 0.544. The van der Waals surface area contributed by atoms with E-state index in [1.165, 1.54) is 0 Å². The van der Waals surface area contributed by atoms with Crippen LogP contribution in [0, 0.1) is 0 Å². The van der Waals surface area contributed by atoms with Gasteiger partial charge < -0.3 is 4.72 Å². The van der Waals surface area contributed by atoms with Crippen LogP contribution in [0.15, 0.2) is 23.8 Å². The number of nitrogens with one attached hydrogen (secondary N) is 2. The van der Waals surface area contributed by atoms with Gasteiger partial charge in [0.2, 0.25) is 0 Å². The van der Waals surface area contributed by atoms with Crippen LogP contribution in [0.25, 0.3) is 0 Å². The Morgan fingerprint density at radius 2 is 2.30 bits per heavy atom. The van der Waals surface area contributed by atoms with E-state index in [2.05, 4.69) is 21.6 Å². The van der Waals surface area contributed by atoms with Crippen molar-refractivity contribution in [1.29, 1.82) is 0 Å². The summed E-state index contributed by atoms with van der Waals surface area (Å²) in [6.07, 6.45) is 6.12. The van der Waals surface area contributed by atoms with E-state index in [0.717, 1.165) is 12.3 Å². The molecule has 2 rings (SSSR count). The molecule has 2 nitrogen and oxygen atoms in total. The van der Waals surface area contributed by atoms with Gasteiger partial charge in [-0.25, -0.2) is 0 Å². The van der Waals surface area contributed by atoms with Crippen LogP contribution in [0.5, 0.6) is 0 Å². The Bertz CT molecular complexity index is 106. The molecule has 0 aliphatic carbocycles. The molecule has 0 unspecified atom stereocenters. The van der Waals surface area contributed by atoms with E-state index in [4.69, 9.17) is 0 Å². The Balaban J connectivity index is 0.0000001000. The third kappa shape index (κ3) is 3.87. The SMILES string of the molecule is C1=CNSC1.C1=CSNC1. The van der Waals surface area contributed by atoms with Gasteiger partial charge in [-0.05, 0) is 17.4 Å². The second-order valence-corrected chi connectivity index (χ2v) is 3.32. The highest BCUT2D eigenvalue weighted by Crippen LogP contribution is 1.99. The molecule has 2 aliphatic rings. The second kappa shape index (κ2) is 5.70. The molecule has 0 spiro atoms. The molecule has 2 heterocycles. The molecule has 0 radical (unpaired) electrons. The van der Waals surface area contributed by atoms with E-state index < -0.39 is 0 Å². The van der Waals surface area contributed by atoms with Crippen molar-refractivity contribution in [2.45, 2.75) is 0 Å². The zero-order chi connectivity index (χ0) is 7.07. The Morgan fingerprint density at radius 3 is 2.50 bits per heavy atom. The molecule has 10 heavy (non-hydrogen) atoms. The van der Waals surface area contributed by atoms with Crippen LogP contribution in [-0.2, 0) is 0 Å². The second-order valence-electron chi connectivity index (χ2n) is 1.67. The summed E-state index contributed by atoms with van der Waals surface area (Å²) >= 11 is 3.36. The molecular weight excluding hydrogens is 164 g/mol. The van der Waals surface area contributed by atoms with Crippen LogP contribution >= 0.6 is 23.9 Å². The minimum Gasteiger partial charge on any atom is -0.337 e. The zero-order valence-corrected chi connectivity index (χ0v) is 7.17. The van der Waals surface area contributed by atoms with Crippen LogP contribution in [0.4, 0.5) is 0 Å². The van der Waals surface area contributed by atoms with E-state index in [-0.39, 0.29) is 0 Å². The van der Waals surface area contributed by atoms with Crippen molar-refractivity contribution < 1.29 is 0 Å². The standard InChI is InChI=1S/2C3H5NS/c2*1-2-4-5-3-1/h1,3-4H,2H2;1-2,4H,3H2. The Kier molecular flexibility index (Phi) is 4.59. The molecule has 2 N–H and O–H groups in total. The third-order valence-corrected chi connectivity index (χ3v) is 2.22. The summed E-state index contributed by atoms with van der Waals surface area (Å²) in [6.45, 7) is 1.03. The normalized spacial score (nSPS) is 20.0. The van der Waals surface area contributed by atoms with Crippen LogP contribution in [-0.4, -0.2) is 12.3 Å². The van der Waals surface area contributed by atoms with Crippen molar-refractivity contribution in [3.8, 4) is 0 Å². The highest BCUT2D eigenvalue weighted by atomic mass is 32.2. The number of rotatable bonds is 0. The molecule has 56 valence electrons. The van der Waals surface area contributed by atoms with Gasteiger partial charge >= 0.3 is 0 Å². The van der Waals surface area contributed by atoms with Crippen LogP contribution in [0.3, 0.4) is 0 Å². The van der Waals surface area contributed by atoms with Gasteiger partial charge in [0.05, 0.1) is 0 Å². The number of hydrogen-bond acceptors (Lipinski definition) is 4. The maximum Gasteiger partial charge on any atom is 0.0329 e. The third-order valence-electron chi connectivity index (χ3n) is 0.898. The van der Waals surface area contributed by atoms with Gasteiger partial charge in [0.1, 0.15) is 0 Å². The van der Waals surface area contributed by atoms with E-state index >= 15 is 0 Å². The fourth-order valence-corrected chi connectivity index (χ4v) is 1.44. The minimum atomic E-state index is 1.03. The fraction of sp³-hybridized carbons (Fsp3) is 0.333. The largest absolute Gasteiger partial charge is 0.337 e. The first-order valence-corrected chi connectivity index (χ1v) is 4.92. The molecule has 0 aromatic rings. The summed E-state index contributed by atoms with van der Waals surface area (Å²) < 4.78 is 5.99. The van der Waals surface area contributed by atoms with Crippen molar-refractivity contribution in [1.82, 2.24) is 9.44 Å². The minimum absolute atomic E-state index is 1.03. The first kappa shape index (κ1) is 8.04. The first-order valence-electron chi connectivity index (χ1n) is 3.06. The van der Waals surface area contributed by atoms with Crippen molar-refractivity contribution in [2.24, 2.45) is 0 Å². The Hall–Kier alpha value is -0.0600. The summed E-state index contributed by atoms with van der Waals surface area (Å²) in [7, 11) is 0. The van der Waals surface area contributed by atoms with E-state index in [1.807, 2.05) is 11.6 Å². The van der Waals surface area contributed by atoms with Gasteiger partial charge in [-0.3, -0.25) is 4.72 Å². The summed E-state index contributed by atoms with van der Waals surface area (Å²) in [5.74, 6) is 1.12. The molecule has 4 heteroatoms. The smallest absolute Gasteiger partial charge is 0.0329 e. The predicted molar refractivity (Wildman–Crippen MR) is 49.5 cm³/mol. The van der Waals surface area contributed by atoms with Gasteiger partial charge in [0.25, 0.3) is 0 Å². The van der Waals surface area contributed by atoms with Crippen LogP contribution in [0.1, 0.15) is 0 Å². The van der Waals surface area contributed by atoms with Crippen molar-refractivity contribution in [2.75, 3.05) is 12.3 Å². The molecule has 0 amide bonds. The van der Waals surface area contributed by atoms with Gasteiger partial charge in [0, 0.05) is 18.5 Å². The summed E-state index contributed by atoms with van der Waals surface area (Å²) in [4.78, 5) is 0. The first-order chi connectivity index (χ1) is 5.00. The summed E-state index contributed by atoms with van der Waals surface area (Å²) in [6, 6.07) is 0. The average Bonchev–Trinajstić information content (AvgIpc) is 2.67. The molecule has 2 aliphatic heterocycles. The van der Waals surface area contributed by atoms with E-state index in [0.29, 0.717) is 0 Å². The molecular formula is C6H10N2S2. The van der Waals surface area contributed by atoms with Gasteiger partial charge in [0.15, 0.2) is 0 Å². The Morgan fingerprint density at radius 1 is 1.30 bits per heavy atom. The molecule has 0 saturated carbocycles. The lowest BCUT2D eigenvalue weighted by molar-refractivity contribution is 1.16. The zero-order valence-electron chi connectivity index (χ0n) is 5.54. The van der Waals surface area contributed by atoms with Crippen LogP contribution in [0.2, 0.25) is 0 Å². The molecule has 0 fully saturated rings. The van der Waals surface area contributed by atoms with E-state index in [9.17, 15) is 0 Å². The molecule has 0 aromatic heterocycles. The lowest BCUT2D eigenvalue weighted by Crippen LogP contribution is -1.92. The maximum atomic E-state index is 3.03. The molecule has 0 bridgehead atoms. The topological polar surface area (TPSA) is 24.1 Å². The summed E-state index contributed by atoms with van der Waals surface area (Å²) in [5, 5.41) is 2.04. The Labute approximate surface area is 69.8 Å². The highest BCUT2D eigenvalue weighted by molar-refractivity contribution is 8.00. The molecule has 0 saturated heterocycles. The monoisotopic (exact) mass is 174 g/mol. The van der Waals surface area contributed by atoms with Gasteiger partial charge in [-0.15, -0.1) is 0 Å². The average molecular weight is 174 g/mol.